The highest BCUT2D eigenvalue weighted by Gasteiger charge is 2.23. The standard InChI is InChI=1S/C22H26N4O5S/c1-5-25(6-2)32(29,30)17-11-10-15(3)18(12-17)24-21(27)14-31-22(28)19-13-26-16(4)8-7-9-20(26)23-19/h7-13H,5-6,14H2,1-4H3,(H,24,27). The van der Waals surface area contributed by atoms with Gasteiger partial charge in [0, 0.05) is 30.7 Å². The number of fused-ring (bicyclic) bond motifs is 1. The maximum Gasteiger partial charge on any atom is 0.359 e. The molecule has 9 nitrogen and oxygen atoms in total. The van der Waals surface area contributed by atoms with Crippen molar-refractivity contribution >= 4 is 33.2 Å². The number of aromatic nitrogens is 2. The van der Waals surface area contributed by atoms with Gasteiger partial charge in [-0.1, -0.05) is 26.0 Å². The topological polar surface area (TPSA) is 110 Å². The lowest BCUT2D eigenvalue weighted by molar-refractivity contribution is -0.119. The predicted molar refractivity (Wildman–Crippen MR) is 120 cm³/mol. The average Bonchev–Trinajstić information content (AvgIpc) is 3.20. The highest BCUT2D eigenvalue weighted by Crippen LogP contribution is 2.23. The molecule has 1 amide bonds. The second-order valence-electron chi connectivity index (χ2n) is 7.21. The number of hydrogen-bond acceptors (Lipinski definition) is 6. The number of anilines is 1. The van der Waals surface area contributed by atoms with Crippen LogP contribution in [0.15, 0.2) is 47.5 Å². The van der Waals surface area contributed by atoms with Crippen LogP contribution in [0.4, 0.5) is 5.69 Å². The first-order valence-electron chi connectivity index (χ1n) is 10.2. The lowest BCUT2D eigenvalue weighted by Crippen LogP contribution is -2.30. The Labute approximate surface area is 187 Å². The number of sulfonamides is 1. The maximum absolute atomic E-state index is 12.7. The minimum absolute atomic E-state index is 0.0826. The summed E-state index contributed by atoms with van der Waals surface area (Å²) in [5.74, 6) is -1.31. The first-order valence-corrected chi connectivity index (χ1v) is 11.6. The van der Waals surface area contributed by atoms with Gasteiger partial charge in [-0.05, 0) is 43.7 Å². The molecule has 0 fully saturated rings. The Balaban J connectivity index is 1.69. The van der Waals surface area contributed by atoms with Gasteiger partial charge in [0.25, 0.3) is 5.91 Å². The maximum atomic E-state index is 12.7. The van der Waals surface area contributed by atoms with Crippen LogP contribution in [0.5, 0.6) is 0 Å². The molecule has 10 heteroatoms. The number of nitrogens with one attached hydrogen (secondary N) is 1. The Kier molecular flexibility index (Phi) is 6.95. The second-order valence-corrected chi connectivity index (χ2v) is 9.15. The van der Waals surface area contributed by atoms with Gasteiger partial charge in [-0.15, -0.1) is 0 Å². The van der Waals surface area contributed by atoms with Crippen LogP contribution in [0.25, 0.3) is 5.65 Å². The second kappa shape index (κ2) is 9.49. The summed E-state index contributed by atoms with van der Waals surface area (Å²) in [6.45, 7) is 7.30. The number of amides is 1. The van der Waals surface area contributed by atoms with E-state index in [9.17, 15) is 18.0 Å². The highest BCUT2D eigenvalue weighted by atomic mass is 32.2. The minimum Gasteiger partial charge on any atom is -0.451 e. The van der Waals surface area contributed by atoms with Gasteiger partial charge in [0.2, 0.25) is 10.0 Å². The molecule has 0 aliphatic carbocycles. The molecule has 2 aromatic heterocycles. The summed E-state index contributed by atoms with van der Waals surface area (Å²) >= 11 is 0. The molecule has 1 N–H and O–H groups in total. The number of carbonyl (C=O) groups excluding carboxylic acids is 2. The molecule has 1 aromatic carbocycles. The van der Waals surface area contributed by atoms with E-state index in [1.807, 2.05) is 19.1 Å². The Morgan fingerprint density at radius 3 is 2.50 bits per heavy atom. The third-order valence-corrected chi connectivity index (χ3v) is 7.11. The monoisotopic (exact) mass is 458 g/mol. The van der Waals surface area contributed by atoms with E-state index in [0.717, 1.165) is 5.69 Å². The summed E-state index contributed by atoms with van der Waals surface area (Å²) < 4.78 is 33.7. The fourth-order valence-corrected chi connectivity index (χ4v) is 4.73. The first-order chi connectivity index (χ1) is 15.2. The van der Waals surface area contributed by atoms with Crippen LogP contribution in [0.2, 0.25) is 0 Å². The van der Waals surface area contributed by atoms with Gasteiger partial charge in [0.05, 0.1) is 4.90 Å². The van der Waals surface area contributed by atoms with Crippen molar-refractivity contribution in [2.45, 2.75) is 32.6 Å². The summed E-state index contributed by atoms with van der Waals surface area (Å²) in [6.07, 6.45) is 1.55. The minimum atomic E-state index is -3.67. The molecule has 170 valence electrons. The number of rotatable bonds is 8. The molecule has 0 saturated heterocycles. The molecule has 0 unspecified atom stereocenters. The molecular formula is C22H26N4O5S. The Morgan fingerprint density at radius 2 is 1.84 bits per heavy atom. The Bertz CT molecular complexity index is 1260. The van der Waals surface area contributed by atoms with Gasteiger partial charge in [-0.25, -0.2) is 18.2 Å². The van der Waals surface area contributed by atoms with Crippen molar-refractivity contribution in [3.63, 3.8) is 0 Å². The lowest BCUT2D eigenvalue weighted by Gasteiger charge is -2.19. The number of pyridine rings is 1. The average molecular weight is 459 g/mol. The molecule has 0 atom stereocenters. The molecule has 32 heavy (non-hydrogen) atoms. The van der Waals surface area contributed by atoms with Crippen molar-refractivity contribution in [1.29, 1.82) is 0 Å². The number of hydrogen-bond donors (Lipinski definition) is 1. The molecule has 0 spiro atoms. The van der Waals surface area contributed by atoms with Crippen LogP contribution in [0, 0.1) is 13.8 Å². The zero-order valence-corrected chi connectivity index (χ0v) is 19.3. The van der Waals surface area contributed by atoms with E-state index in [2.05, 4.69) is 10.3 Å². The Morgan fingerprint density at radius 1 is 1.12 bits per heavy atom. The molecule has 0 bridgehead atoms. The quantitative estimate of drug-likeness (QED) is 0.520. The molecule has 0 saturated carbocycles. The van der Waals surface area contributed by atoms with Gasteiger partial charge in [0.1, 0.15) is 5.65 Å². The summed E-state index contributed by atoms with van der Waals surface area (Å²) in [5, 5.41) is 2.62. The first kappa shape index (κ1) is 23.4. The van der Waals surface area contributed by atoms with Crippen molar-refractivity contribution < 1.29 is 22.7 Å². The molecule has 0 aliphatic heterocycles. The van der Waals surface area contributed by atoms with Crippen molar-refractivity contribution in [2.75, 3.05) is 25.0 Å². The van der Waals surface area contributed by atoms with Gasteiger partial charge >= 0.3 is 5.97 Å². The van der Waals surface area contributed by atoms with Crippen molar-refractivity contribution in [3.05, 3.63) is 59.5 Å². The Hall–Kier alpha value is -3.24. The number of aryl methyl sites for hydroxylation is 2. The van der Waals surface area contributed by atoms with Crippen LogP contribution in [0.3, 0.4) is 0 Å². The molecule has 3 aromatic rings. The van der Waals surface area contributed by atoms with Crippen LogP contribution in [-0.2, 0) is 19.6 Å². The van der Waals surface area contributed by atoms with E-state index in [0.29, 0.717) is 30.0 Å². The van der Waals surface area contributed by atoms with Crippen LogP contribution < -0.4 is 5.32 Å². The summed E-state index contributed by atoms with van der Waals surface area (Å²) in [7, 11) is -3.67. The highest BCUT2D eigenvalue weighted by molar-refractivity contribution is 7.89. The van der Waals surface area contributed by atoms with Crippen molar-refractivity contribution in [3.8, 4) is 0 Å². The van der Waals surface area contributed by atoms with E-state index in [-0.39, 0.29) is 10.6 Å². The smallest absolute Gasteiger partial charge is 0.359 e. The molecule has 0 aliphatic rings. The van der Waals surface area contributed by atoms with E-state index in [1.54, 1.807) is 43.5 Å². The van der Waals surface area contributed by atoms with E-state index >= 15 is 0 Å². The number of esters is 1. The summed E-state index contributed by atoms with van der Waals surface area (Å²) in [5.41, 5.74) is 2.61. The predicted octanol–water partition coefficient (Wildman–Crippen LogP) is 2.78. The normalized spacial score (nSPS) is 11.7. The largest absolute Gasteiger partial charge is 0.451 e. The van der Waals surface area contributed by atoms with Crippen molar-refractivity contribution in [2.24, 2.45) is 0 Å². The number of nitrogens with zero attached hydrogens (tertiary/aromatic N) is 3. The third-order valence-electron chi connectivity index (χ3n) is 5.07. The fraction of sp³-hybridized carbons (Fsp3) is 0.318. The molecule has 2 heterocycles. The number of benzene rings is 1. The van der Waals surface area contributed by atoms with Crippen molar-refractivity contribution in [1.82, 2.24) is 13.7 Å². The lowest BCUT2D eigenvalue weighted by atomic mass is 10.2. The van der Waals surface area contributed by atoms with Crippen LogP contribution in [0.1, 0.15) is 35.6 Å². The summed E-state index contributed by atoms with van der Waals surface area (Å²) in [4.78, 5) is 29.0. The zero-order chi connectivity index (χ0) is 23.5. The molecular weight excluding hydrogens is 432 g/mol. The SMILES string of the molecule is CCN(CC)S(=O)(=O)c1ccc(C)c(NC(=O)COC(=O)c2cn3c(C)cccc3n2)c1. The van der Waals surface area contributed by atoms with Gasteiger partial charge in [-0.3, -0.25) is 4.79 Å². The van der Waals surface area contributed by atoms with Gasteiger partial charge in [-0.2, -0.15) is 4.31 Å². The molecule has 0 radical (unpaired) electrons. The van der Waals surface area contributed by atoms with E-state index in [1.165, 1.54) is 16.4 Å². The number of carbonyl (C=O) groups is 2. The third kappa shape index (κ3) is 4.81. The number of ether oxygens (including phenoxy) is 1. The van der Waals surface area contributed by atoms with Gasteiger partial charge in [0.15, 0.2) is 12.3 Å². The van der Waals surface area contributed by atoms with Crippen LogP contribution in [-0.4, -0.2) is 53.7 Å². The summed E-state index contributed by atoms with van der Waals surface area (Å²) in [6, 6.07) is 10.0. The molecule has 3 rings (SSSR count). The number of imidazole rings is 1. The van der Waals surface area contributed by atoms with Gasteiger partial charge < -0.3 is 14.5 Å². The zero-order valence-electron chi connectivity index (χ0n) is 18.5. The van der Waals surface area contributed by atoms with Crippen LogP contribution >= 0.6 is 0 Å². The van der Waals surface area contributed by atoms with E-state index in [4.69, 9.17) is 4.74 Å². The fourth-order valence-electron chi connectivity index (χ4n) is 3.25. The van der Waals surface area contributed by atoms with E-state index < -0.39 is 28.5 Å².